The number of rotatable bonds is 0. The van der Waals surface area contributed by atoms with Crippen LogP contribution in [0, 0.1) is 0 Å². The van der Waals surface area contributed by atoms with Gasteiger partial charge < -0.3 is 5.32 Å². The Morgan fingerprint density at radius 2 is 2.15 bits per heavy atom. The van der Waals surface area contributed by atoms with Crippen LogP contribution >= 0.6 is 23.2 Å². The largest absolute Gasteiger partial charge is 0.310 e. The van der Waals surface area contributed by atoms with Crippen molar-refractivity contribution in [2.24, 2.45) is 0 Å². The molecule has 0 amide bonds. The molecule has 1 aliphatic rings. The zero-order chi connectivity index (χ0) is 9.42. The smallest absolute Gasteiger partial charge is 0.0456 e. The van der Waals surface area contributed by atoms with Crippen LogP contribution in [0.1, 0.15) is 18.1 Å². The molecule has 1 aromatic carbocycles. The highest BCUT2D eigenvalue weighted by molar-refractivity contribution is 6.35. The fourth-order valence-electron chi connectivity index (χ4n) is 1.71. The Hall–Kier alpha value is -0.240. The van der Waals surface area contributed by atoms with E-state index in [2.05, 4.69) is 12.2 Å². The van der Waals surface area contributed by atoms with E-state index in [1.165, 1.54) is 11.1 Å². The van der Waals surface area contributed by atoms with Crippen molar-refractivity contribution < 1.29 is 0 Å². The molecule has 0 radical (unpaired) electrons. The van der Waals surface area contributed by atoms with Crippen molar-refractivity contribution in [1.29, 1.82) is 0 Å². The first-order valence-corrected chi connectivity index (χ1v) is 5.12. The monoisotopic (exact) mass is 215 g/mol. The molecule has 1 nitrogen and oxygen atoms in total. The first kappa shape index (κ1) is 9.32. The standard InChI is InChI=1S/C10H11Cl2N/c1-6-2-9-7(5-13-6)3-8(11)4-10(9)12/h3-4,6,13H,2,5H2,1H3. The molecule has 1 heterocycles. The molecule has 0 saturated carbocycles. The molecule has 0 spiro atoms. The first-order valence-electron chi connectivity index (χ1n) is 4.37. The molecule has 70 valence electrons. The number of hydrogen-bond acceptors (Lipinski definition) is 1. The summed E-state index contributed by atoms with van der Waals surface area (Å²) in [6.07, 6.45) is 0.991. The van der Waals surface area contributed by atoms with Crippen LogP contribution in [0.15, 0.2) is 12.1 Å². The Morgan fingerprint density at radius 3 is 2.92 bits per heavy atom. The van der Waals surface area contributed by atoms with E-state index in [1.807, 2.05) is 12.1 Å². The number of nitrogens with one attached hydrogen (secondary N) is 1. The maximum atomic E-state index is 6.10. The summed E-state index contributed by atoms with van der Waals surface area (Å²) < 4.78 is 0. The second-order valence-corrected chi connectivity index (χ2v) is 4.35. The van der Waals surface area contributed by atoms with Crippen molar-refractivity contribution in [3.63, 3.8) is 0 Å². The van der Waals surface area contributed by atoms with Gasteiger partial charge in [-0.2, -0.15) is 0 Å². The maximum Gasteiger partial charge on any atom is 0.0456 e. The van der Waals surface area contributed by atoms with Crippen LogP contribution < -0.4 is 5.32 Å². The lowest BCUT2D eigenvalue weighted by Gasteiger charge is -2.24. The predicted octanol–water partition coefficient (Wildman–Crippen LogP) is 3.03. The lowest BCUT2D eigenvalue weighted by molar-refractivity contribution is 0.514. The van der Waals surface area contributed by atoms with Gasteiger partial charge in [-0.1, -0.05) is 23.2 Å². The van der Waals surface area contributed by atoms with Crippen molar-refractivity contribution in [1.82, 2.24) is 5.32 Å². The molecule has 0 saturated heterocycles. The molecule has 3 heteroatoms. The molecule has 1 atom stereocenters. The average Bonchev–Trinajstić information content (AvgIpc) is 2.06. The minimum atomic E-state index is 0.506. The van der Waals surface area contributed by atoms with E-state index in [4.69, 9.17) is 23.2 Å². The van der Waals surface area contributed by atoms with Gasteiger partial charge in [0.2, 0.25) is 0 Å². The topological polar surface area (TPSA) is 12.0 Å². The Balaban J connectivity index is 2.47. The number of hydrogen-bond donors (Lipinski definition) is 1. The van der Waals surface area contributed by atoms with Gasteiger partial charge in [-0.05, 0) is 36.6 Å². The third kappa shape index (κ3) is 1.83. The maximum absolute atomic E-state index is 6.10. The van der Waals surface area contributed by atoms with Crippen LogP contribution in [0.5, 0.6) is 0 Å². The quantitative estimate of drug-likeness (QED) is 0.702. The molecule has 1 N–H and O–H groups in total. The molecule has 0 bridgehead atoms. The molecule has 0 aliphatic carbocycles. The predicted molar refractivity (Wildman–Crippen MR) is 56.5 cm³/mol. The summed E-state index contributed by atoms with van der Waals surface area (Å²) in [5, 5.41) is 4.90. The first-order chi connectivity index (χ1) is 6.16. The van der Waals surface area contributed by atoms with Crippen LogP contribution in [0.2, 0.25) is 10.0 Å². The highest BCUT2D eigenvalue weighted by atomic mass is 35.5. The number of benzene rings is 1. The minimum absolute atomic E-state index is 0.506. The van der Waals surface area contributed by atoms with Crippen molar-refractivity contribution in [3.8, 4) is 0 Å². The van der Waals surface area contributed by atoms with E-state index >= 15 is 0 Å². The molecule has 13 heavy (non-hydrogen) atoms. The van der Waals surface area contributed by atoms with Crippen molar-refractivity contribution >= 4 is 23.2 Å². The van der Waals surface area contributed by atoms with Gasteiger partial charge in [0.1, 0.15) is 0 Å². The number of halogens is 2. The van der Waals surface area contributed by atoms with E-state index in [9.17, 15) is 0 Å². The van der Waals surface area contributed by atoms with Crippen LogP contribution in [-0.4, -0.2) is 6.04 Å². The number of fused-ring (bicyclic) bond motifs is 1. The van der Waals surface area contributed by atoms with Gasteiger partial charge in [0.05, 0.1) is 0 Å². The highest BCUT2D eigenvalue weighted by Crippen LogP contribution is 2.28. The zero-order valence-electron chi connectivity index (χ0n) is 7.40. The van der Waals surface area contributed by atoms with Crippen molar-refractivity contribution in [2.75, 3.05) is 0 Å². The van der Waals surface area contributed by atoms with E-state index < -0.39 is 0 Å². The van der Waals surface area contributed by atoms with E-state index in [0.29, 0.717) is 6.04 Å². The summed E-state index contributed by atoms with van der Waals surface area (Å²) in [4.78, 5) is 0. The highest BCUT2D eigenvalue weighted by Gasteiger charge is 2.17. The van der Waals surface area contributed by atoms with E-state index in [-0.39, 0.29) is 0 Å². The van der Waals surface area contributed by atoms with Gasteiger partial charge in [0, 0.05) is 22.6 Å². The van der Waals surface area contributed by atoms with Gasteiger partial charge >= 0.3 is 0 Å². The second-order valence-electron chi connectivity index (χ2n) is 3.51. The fraction of sp³-hybridized carbons (Fsp3) is 0.400. The van der Waals surface area contributed by atoms with Gasteiger partial charge in [-0.15, -0.1) is 0 Å². The third-order valence-electron chi connectivity index (χ3n) is 2.40. The third-order valence-corrected chi connectivity index (χ3v) is 2.96. The summed E-state index contributed by atoms with van der Waals surface area (Å²) in [6.45, 7) is 3.03. The Labute approximate surface area is 88.0 Å². The Bertz CT molecular complexity index is 336. The van der Waals surface area contributed by atoms with Gasteiger partial charge in [0.15, 0.2) is 0 Å². The molecule has 1 aliphatic heterocycles. The summed E-state index contributed by atoms with van der Waals surface area (Å²) >= 11 is 12.0. The van der Waals surface area contributed by atoms with Crippen LogP contribution in [0.4, 0.5) is 0 Å². The molecule has 2 rings (SSSR count). The summed E-state index contributed by atoms with van der Waals surface area (Å²) in [6, 6.07) is 4.31. The van der Waals surface area contributed by atoms with Crippen molar-refractivity contribution in [3.05, 3.63) is 33.3 Å². The average molecular weight is 216 g/mol. The van der Waals surface area contributed by atoms with Gasteiger partial charge in [-0.3, -0.25) is 0 Å². The summed E-state index contributed by atoms with van der Waals surface area (Å²) in [5.74, 6) is 0. The van der Waals surface area contributed by atoms with Gasteiger partial charge in [0.25, 0.3) is 0 Å². The molecule has 0 aromatic heterocycles. The normalized spacial score (nSPS) is 21.3. The zero-order valence-corrected chi connectivity index (χ0v) is 8.91. The fourth-order valence-corrected chi connectivity index (χ4v) is 2.32. The van der Waals surface area contributed by atoms with Gasteiger partial charge in [-0.25, -0.2) is 0 Å². The Morgan fingerprint density at radius 1 is 1.38 bits per heavy atom. The molecule has 1 unspecified atom stereocenters. The van der Waals surface area contributed by atoms with Crippen molar-refractivity contribution in [2.45, 2.75) is 25.9 Å². The lowest BCUT2D eigenvalue weighted by Crippen LogP contribution is -2.32. The van der Waals surface area contributed by atoms with Crippen LogP contribution in [-0.2, 0) is 13.0 Å². The van der Waals surface area contributed by atoms with Crippen LogP contribution in [0.3, 0.4) is 0 Å². The minimum Gasteiger partial charge on any atom is -0.310 e. The molecular formula is C10H11Cl2N. The summed E-state index contributed by atoms with van der Waals surface area (Å²) in [5.41, 5.74) is 2.48. The van der Waals surface area contributed by atoms with E-state index in [1.54, 1.807) is 0 Å². The summed E-state index contributed by atoms with van der Waals surface area (Å²) in [7, 11) is 0. The molecule has 0 fully saturated rings. The Kier molecular flexibility index (Phi) is 2.50. The lowest BCUT2D eigenvalue weighted by atomic mass is 9.97. The second kappa shape index (κ2) is 3.49. The SMILES string of the molecule is CC1Cc2c(Cl)cc(Cl)cc2CN1. The van der Waals surface area contributed by atoms with E-state index in [0.717, 1.165) is 23.0 Å². The van der Waals surface area contributed by atoms with Crippen LogP contribution in [0.25, 0.3) is 0 Å². The molecular weight excluding hydrogens is 205 g/mol. The molecule has 1 aromatic rings.